The molecule has 1 aromatic heterocycles. The van der Waals surface area contributed by atoms with E-state index in [9.17, 15) is 0 Å². The van der Waals surface area contributed by atoms with Gasteiger partial charge in [-0.05, 0) is 114 Å². The van der Waals surface area contributed by atoms with Crippen molar-refractivity contribution >= 4 is 17.3 Å². The first kappa shape index (κ1) is 39.9. The lowest BCUT2D eigenvalue weighted by molar-refractivity contribution is 0.660. The zero-order valence-electron chi connectivity index (χ0n) is 39.5. The van der Waals surface area contributed by atoms with Crippen molar-refractivity contribution in [3.8, 4) is 67.3 Å². The molecular weight excluding hydrogens is 813 g/mol. The van der Waals surface area contributed by atoms with Gasteiger partial charge in [0.05, 0.1) is 5.69 Å². The summed E-state index contributed by atoms with van der Waals surface area (Å²) in [5.41, 5.74) is 23.9. The maximum absolute atomic E-state index is 5.62. The van der Waals surface area contributed by atoms with Gasteiger partial charge in [-0.3, -0.25) is 4.90 Å². The summed E-state index contributed by atoms with van der Waals surface area (Å²) in [7, 11) is 0. The molecule has 8 aromatic carbocycles. The van der Waals surface area contributed by atoms with Gasteiger partial charge < -0.3 is 0 Å². The van der Waals surface area contributed by atoms with Gasteiger partial charge in [0.25, 0.3) is 0 Å². The molecule has 0 fully saturated rings. The Labute approximate surface area is 394 Å². The second-order valence-corrected chi connectivity index (χ2v) is 21.3. The van der Waals surface area contributed by atoms with Gasteiger partial charge in [0.1, 0.15) is 0 Å². The SMILES string of the molecule is CC1(C)c2ccccc2-c2cc(-c3nc(-c4ccc5c(c4)-c4ccccc4C5(C)C)nc(N(c4ccc5c(c4)C(C)(C)c4ccccc4-5)c4cccc5c4-c4ccccc4C5(C)C)n3)ccc21. The van der Waals surface area contributed by atoms with Crippen LogP contribution in [0.2, 0.25) is 0 Å². The van der Waals surface area contributed by atoms with Gasteiger partial charge in [0.2, 0.25) is 5.95 Å². The average Bonchev–Trinajstić information content (AvgIpc) is 3.92. The maximum Gasteiger partial charge on any atom is 0.238 e. The smallest absolute Gasteiger partial charge is 0.238 e. The Morgan fingerprint density at radius 3 is 1.25 bits per heavy atom. The van der Waals surface area contributed by atoms with Gasteiger partial charge in [-0.2, -0.15) is 9.97 Å². The van der Waals surface area contributed by atoms with Gasteiger partial charge >= 0.3 is 0 Å². The highest BCUT2D eigenvalue weighted by Crippen LogP contribution is 2.56. The topological polar surface area (TPSA) is 41.9 Å². The molecule has 0 radical (unpaired) electrons. The lowest BCUT2D eigenvalue weighted by Gasteiger charge is -2.29. The summed E-state index contributed by atoms with van der Waals surface area (Å²) < 4.78 is 0. The summed E-state index contributed by atoms with van der Waals surface area (Å²) >= 11 is 0. The molecule has 4 nitrogen and oxygen atoms in total. The highest BCUT2D eigenvalue weighted by molar-refractivity contribution is 5.96. The minimum Gasteiger partial charge on any atom is -0.278 e. The molecule has 0 aliphatic heterocycles. The third-order valence-electron chi connectivity index (χ3n) is 16.2. The zero-order valence-corrected chi connectivity index (χ0v) is 39.5. The number of hydrogen-bond acceptors (Lipinski definition) is 4. The molecule has 324 valence electrons. The average molecular weight is 865 g/mol. The first-order valence-corrected chi connectivity index (χ1v) is 23.8. The van der Waals surface area contributed by atoms with Crippen molar-refractivity contribution < 1.29 is 0 Å². The Balaban J connectivity index is 1.09. The van der Waals surface area contributed by atoms with Gasteiger partial charge in [-0.15, -0.1) is 0 Å². The van der Waals surface area contributed by atoms with E-state index in [4.69, 9.17) is 15.0 Å². The monoisotopic (exact) mass is 864 g/mol. The number of rotatable bonds is 5. The van der Waals surface area contributed by atoms with Crippen molar-refractivity contribution in [2.75, 3.05) is 4.90 Å². The van der Waals surface area contributed by atoms with Gasteiger partial charge in [-0.25, -0.2) is 4.98 Å². The Morgan fingerprint density at radius 2 is 0.716 bits per heavy atom. The summed E-state index contributed by atoms with van der Waals surface area (Å²) in [5.74, 6) is 1.85. The normalized spacial score (nSPS) is 16.2. The fraction of sp³-hybridized carbons (Fsp3) is 0.190. The van der Waals surface area contributed by atoms with E-state index in [0.29, 0.717) is 17.6 Å². The van der Waals surface area contributed by atoms with Gasteiger partial charge in [0, 0.05) is 44.0 Å². The predicted octanol–water partition coefficient (Wildman–Crippen LogP) is 15.9. The third kappa shape index (κ3) is 5.44. The van der Waals surface area contributed by atoms with Gasteiger partial charge in [0.15, 0.2) is 11.6 Å². The van der Waals surface area contributed by atoms with E-state index in [1.165, 1.54) is 89.0 Å². The minimum absolute atomic E-state index is 0.121. The molecule has 4 heteroatoms. The van der Waals surface area contributed by atoms with E-state index in [1.807, 2.05) is 0 Å². The second-order valence-electron chi connectivity index (χ2n) is 21.3. The fourth-order valence-electron chi connectivity index (χ4n) is 12.6. The molecule has 67 heavy (non-hydrogen) atoms. The largest absolute Gasteiger partial charge is 0.278 e. The molecule has 9 aromatic rings. The molecule has 0 N–H and O–H groups in total. The number of nitrogens with zero attached hydrogens (tertiary/aromatic N) is 4. The van der Waals surface area contributed by atoms with Crippen LogP contribution in [-0.2, 0) is 21.7 Å². The predicted molar refractivity (Wildman–Crippen MR) is 276 cm³/mol. The van der Waals surface area contributed by atoms with Crippen molar-refractivity contribution in [3.05, 3.63) is 214 Å². The van der Waals surface area contributed by atoms with Crippen LogP contribution >= 0.6 is 0 Å². The molecule has 0 spiro atoms. The number of aromatic nitrogens is 3. The lowest BCUT2D eigenvalue weighted by atomic mass is 9.82. The van der Waals surface area contributed by atoms with Gasteiger partial charge in [-0.1, -0.05) is 195 Å². The Kier molecular flexibility index (Phi) is 8.08. The summed E-state index contributed by atoms with van der Waals surface area (Å²) in [4.78, 5) is 19.0. The van der Waals surface area contributed by atoms with E-state index < -0.39 is 0 Å². The van der Waals surface area contributed by atoms with E-state index in [2.05, 4.69) is 230 Å². The molecule has 0 saturated carbocycles. The van der Waals surface area contributed by atoms with Crippen LogP contribution in [0, 0.1) is 0 Å². The van der Waals surface area contributed by atoms with Crippen molar-refractivity contribution in [1.29, 1.82) is 0 Å². The molecule has 0 atom stereocenters. The van der Waals surface area contributed by atoms with Crippen LogP contribution in [0.25, 0.3) is 67.3 Å². The molecule has 13 rings (SSSR count). The van der Waals surface area contributed by atoms with E-state index in [0.717, 1.165) is 22.5 Å². The van der Waals surface area contributed by atoms with Crippen LogP contribution in [0.4, 0.5) is 17.3 Å². The summed E-state index contributed by atoms with van der Waals surface area (Å²) in [5, 5.41) is 0. The molecule has 0 unspecified atom stereocenters. The van der Waals surface area contributed by atoms with Crippen molar-refractivity contribution in [2.24, 2.45) is 0 Å². The fourth-order valence-corrected chi connectivity index (χ4v) is 12.6. The van der Waals surface area contributed by atoms with Crippen LogP contribution in [0.15, 0.2) is 170 Å². The van der Waals surface area contributed by atoms with Crippen molar-refractivity contribution in [3.63, 3.8) is 0 Å². The van der Waals surface area contributed by atoms with Crippen LogP contribution < -0.4 is 4.90 Å². The summed E-state index contributed by atoms with van der Waals surface area (Å²) in [6, 6.07) is 62.8. The quantitative estimate of drug-likeness (QED) is 0.173. The van der Waals surface area contributed by atoms with E-state index in [1.54, 1.807) is 0 Å². The Hall–Kier alpha value is -7.43. The standard InChI is InChI=1S/C63H52N4/c1-60(2)48-23-14-10-19-41(48)45-34-37(28-32-51(45)60)57-64-58(38-29-33-52-46(35-38)42-20-11-15-24-49(42)61(52,3)4)66-59(65-57)67(39-30-31-43-40-18-9-13-22-47(40)63(7,8)54(43)36-39)55-27-17-26-53-56(55)44-21-12-16-25-50(44)62(53,5)6/h9-36H,1-8H3. The molecular formula is C63H52N4. The molecule has 0 saturated heterocycles. The van der Waals surface area contributed by atoms with E-state index in [-0.39, 0.29) is 21.7 Å². The summed E-state index contributed by atoms with van der Waals surface area (Å²) in [6.45, 7) is 18.7. The molecule has 4 aliphatic carbocycles. The van der Waals surface area contributed by atoms with Crippen LogP contribution in [0.3, 0.4) is 0 Å². The highest BCUT2D eigenvalue weighted by atomic mass is 15.3. The maximum atomic E-state index is 5.62. The van der Waals surface area contributed by atoms with Crippen LogP contribution in [0.5, 0.6) is 0 Å². The van der Waals surface area contributed by atoms with Crippen molar-refractivity contribution in [1.82, 2.24) is 15.0 Å². The second kappa shape index (κ2) is 13.6. The lowest BCUT2D eigenvalue weighted by Crippen LogP contribution is -2.19. The van der Waals surface area contributed by atoms with E-state index >= 15 is 0 Å². The van der Waals surface area contributed by atoms with Crippen LogP contribution in [-0.4, -0.2) is 15.0 Å². The first-order chi connectivity index (χ1) is 32.2. The van der Waals surface area contributed by atoms with Crippen LogP contribution in [0.1, 0.15) is 99.9 Å². The molecule has 1 heterocycles. The number of hydrogen-bond donors (Lipinski definition) is 0. The number of benzene rings is 8. The first-order valence-electron chi connectivity index (χ1n) is 23.8. The number of fused-ring (bicyclic) bond motifs is 12. The molecule has 4 aliphatic rings. The third-order valence-corrected chi connectivity index (χ3v) is 16.2. The Bertz CT molecular complexity index is 3480. The number of anilines is 3. The summed E-state index contributed by atoms with van der Waals surface area (Å²) in [6.07, 6.45) is 0. The minimum atomic E-state index is -0.209. The zero-order chi connectivity index (χ0) is 45.8. The molecule has 0 bridgehead atoms. The van der Waals surface area contributed by atoms with Crippen molar-refractivity contribution in [2.45, 2.75) is 77.0 Å². The Morgan fingerprint density at radius 1 is 0.313 bits per heavy atom. The molecule has 0 amide bonds. The highest BCUT2D eigenvalue weighted by Gasteiger charge is 2.41.